The molecule has 1 N–H and O–H groups in total. The summed E-state index contributed by atoms with van der Waals surface area (Å²) in [5.41, 5.74) is 1.61. The highest BCUT2D eigenvalue weighted by Gasteiger charge is 2.38. The molecule has 0 unspecified atom stereocenters. The Morgan fingerprint density at radius 1 is 0.943 bits per heavy atom. The van der Waals surface area contributed by atoms with Gasteiger partial charge in [0, 0.05) is 23.5 Å². The number of carbonyl (C=O) groups excluding carboxylic acids is 2. The van der Waals surface area contributed by atoms with Crippen molar-refractivity contribution in [3.05, 3.63) is 111 Å². The van der Waals surface area contributed by atoms with Gasteiger partial charge in [0.1, 0.15) is 13.2 Å². The lowest BCUT2D eigenvalue weighted by molar-refractivity contribution is -0.384. The molecule has 35 heavy (non-hydrogen) atoms. The predicted octanol–water partition coefficient (Wildman–Crippen LogP) is 5.18. The number of nitrogens with zero attached hydrogens (tertiary/aromatic N) is 1. The van der Waals surface area contributed by atoms with E-state index in [1.54, 1.807) is 56.4 Å². The van der Waals surface area contributed by atoms with Gasteiger partial charge in [-0.05, 0) is 45.4 Å². The van der Waals surface area contributed by atoms with E-state index in [-0.39, 0.29) is 30.0 Å². The third-order valence-corrected chi connectivity index (χ3v) is 5.12. The lowest BCUT2D eigenvalue weighted by Crippen LogP contribution is -2.32. The van der Waals surface area contributed by atoms with Gasteiger partial charge < -0.3 is 14.8 Å². The molecule has 2 rings (SSSR count). The lowest BCUT2D eigenvalue weighted by Gasteiger charge is -2.30. The molecule has 0 amide bonds. The number of rotatable bonds is 10. The van der Waals surface area contributed by atoms with E-state index in [1.807, 2.05) is 26.0 Å². The van der Waals surface area contributed by atoms with Gasteiger partial charge in [0.25, 0.3) is 5.69 Å². The van der Waals surface area contributed by atoms with E-state index >= 15 is 0 Å². The minimum absolute atomic E-state index is 0.0276. The maximum atomic E-state index is 13.2. The molecule has 1 heterocycles. The zero-order valence-electron chi connectivity index (χ0n) is 20.3. The van der Waals surface area contributed by atoms with Gasteiger partial charge in [-0.15, -0.1) is 0 Å². The van der Waals surface area contributed by atoms with Gasteiger partial charge in [0.15, 0.2) is 0 Å². The summed E-state index contributed by atoms with van der Waals surface area (Å²) in [5.74, 6) is -2.18. The van der Waals surface area contributed by atoms with Gasteiger partial charge in [0.05, 0.1) is 22.0 Å². The third kappa shape index (κ3) is 7.40. The number of dihydropyridines is 1. The standard InChI is InChI=1S/C27H30N2O6/c1-5-7-9-11-16-34-26(30)23-19(3)28-20(4)24(27(31)35-17-12-10-8-6-2)25(23)21-14-13-15-22(18-21)29(32)33/h5-15,18,25,28H,16-17H2,1-4H3. The largest absolute Gasteiger partial charge is 0.458 e. The Hall–Kier alpha value is -4.20. The molecule has 0 aliphatic carbocycles. The van der Waals surface area contributed by atoms with Crippen LogP contribution in [0.15, 0.2) is 95.4 Å². The minimum Gasteiger partial charge on any atom is -0.458 e. The monoisotopic (exact) mass is 478 g/mol. The summed E-state index contributed by atoms with van der Waals surface area (Å²) in [6.45, 7) is 7.19. The quantitative estimate of drug-likeness (QED) is 0.214. The van der Waals surface area contributed by atoms with Crippen LogP contribution in [0.4, 0.5) is 5.69 Å². The van der Waals surface area contributed by atoms with Crippen LogP contribution in [0.2, 0.25) is 0 Å². The van der Waals surface area contributed by atoms with Crippen LogP contribution >= 0.6 is 0 Å². The molecule has 1 aliphatic rings. The Balaban J connectivity index is 2.48. The third-order valence-electron chi connectivity index (χ3n) is 5.12. The maximum absolute atomic E-state index is 13.2. The molecule has 0 saturated heterocycles. The zero-order valence-corrected chi connectivity index (χ0v) is 20.3. The van der Waals surface area contributed by atoms with E-state index in [0.29, 0.717) is 17.0 Å². The number of hydrogen-bond acceptors (Lipinski definition) is 7. The van der Waals surface area contributed by atoms with Gasteiger partial charge >= 0.3 is 11.9 Å². The number of nitro groups is 1. The Labute approximate surface area is 205 Å². The summed E-state index contributed by atoms with van der Waals surface area (Å²) < 4.78 is 10.9. The van der Waals surface area contributed by atoms with E-state index in [4.69, 9.17) is 9.47 Å². The Kier molecular flexibility index (Phi) is 10.4. The van der Waals surface area contributed by atoms with Crippen molar-refractivity contribution in [2.24, 2.45) is 0 Å². The molecule has 8 heteroatoms. The Morgan fingerprint density at radius 2 is 1.46 bits per heavy atom. The summed E-state index contributed by atoms with van der Waals surface area (Å²) in [6, 6.07) is 5.87. The number of hydrogen-bond donors (Lipinski definition) is 1. The first kappa shape index (κ1) is 27.0. The second kappa shape index (κ2) is 13.5. The van der Waals surface area contributed by atoms with Crippen molar-refractivity contribution in [2.75, 3.05) is 13.2 Å². The molecule has 0 radical (unpaired) electrons. The smallest absolute Gasteiger partial charge is 0.337 e. The van der Waals surface area contributed by atoms with Gasteiger partial charge in [0.2, 0.25) is 0 Å². The van der Waals surface area contributed by atoms with E-state index in [1.165, 1.54) is 18.2 Å². The highest BCUT2D eigenvalue weighted by Crippen LogP contribution is 2.40. The van der Waals surface area contributed by atoms with Gasteiger partial charge in [-0.1, -0.05) is 48.6 Å². The van der Waals surface area contributed by atoms with Crippen molar-refractivity contribution in [3.63, 3.8) is 0 Å². The summed E-state index contributed by atoms with van der Waals surface area (Å²) in [7, 11) is 0. The van der Waals surface area contributed by atoms with E-state index in [0.717, 1.165) is 0 Å². The van der Waals surface area contributed by atoms with Gasteiger partial charge in [-0.2, -0.15) is 0 Å². The van der Waals surface area contributed by atoms with E-state index < -0.39 is 22.8 Å². The zero-order chi connectivity index (χ0) is 25.8. The number of ether oxygens (including phenoxy) is 2. The second-order valence-corrected chi connectivity index (χ2v) is 7.59. The van der Waals surface area contributed by atoms with Crippen LogP contribution < -0.4 is 5.32 Å². The van der Waals surface area contributed by atoms with Crippen LogP contribution in [0.3, 0.4) is 0 Å². The molecular formula is C27H30N2O6. The van der Waals surface area contributed by atoms with Crippen molar-refractivity contribution in [3.8, 4) is 0 Å². The Morgan fingerprint density at radius 3 is 1.91 bits per heavy atom. The summed E-state index contributed by atoms with van der Waals surface area (Å²) >= 11 is 0. The van der Waals surface area contributed by atoms with E-state index in [2.05, 4.69) is 5.32 Å². The highest BCUT2D eigenvalue weighted by atomic mass is 16.6. The molecule has 0 bridgehead atoms. The molecule has 1 aromatic rings. The van der Waals surface area contributed by atoms with Gasteiger partial charge in [-0.3, -0.25) is 10.1 Å². The van der Waals surface area contributed by atoms with Crippen LogP contribution in [0.25, 0.3) is 0 Å². The van der Waals surface area contributed by atoms with Crippen LogP contribution in [0.1, 0.15) is 39.2 Å². The number of carbonyl (C=O) groups is 2. The van der Waals surface area contributed by atoms with Crippen molar-refractivity contribution in [1.82, 2.24) is 5.32 Å². The first-order chi connectivity index (χ1) is 16.8. The molecule has 0 saturated carbocycles. The van der Waals surface area contributed by atoms with E-state index in [9.17, 15) is 19.7 Å². The molecule has 8 nitrogen and oxygen atoms in total. The average Bonchev–Trinajstić information content (AvgIpc) is 2.83. The second-order valence-electron chi connectivity index (χ2n) is 7.59. The predicted molar refractivity (Wildman–Crippen MR) is 134 cm³/mol. The van der Waals surface area contributed by atoms with Crippen molar-refractivity contribution >= 4 is 17.6 Å². The van der Waals surface area contributed by atoms with Crippen molar-refractivity contribution in [1.29, 1.82) is 0 Å². The number of benzene rings is 1. The molecule has 184 valence electrons. The summed E-state index contributed by atoms with van der Waals surface area (Å²) in [6.07, 6.45) is 14.1. The first-order valence-corrected chi connectivity index (χ1v) is 11.1. The number of non-ortho nitro benzene ring substituents is 1. The molecular weight excluding hydrogens is 448 g/mol. The topological polar surface area (TPSA) is 108 Å². The molecule has 0 fully saturated rings. The Bertz CT molecular complexity index is 1080. The minimum atomic E-state index is -0.907. The SMILES string of the molecule is CC=CC=CCOC(=O)C1=C(C)NC(C)=C(C(=O)OCC=CC=CC)C1c1cccc([N+](=O)[O-])c1. The fraction of sp³-hybridized carbons (Fsp3) is 0.259. The number of allylic oxidation sites excluding steroid dienone is 8. The molecule has 0 atom stereocenters. The fourth-order valence-corrected chi connectivity index (χ4v) is 3.58. The average molecular weight is 479 g/mol. The number of nitro benzene ring substituents is 1. The van der Waals surface area contributed by atoms with Crippen molar-refractivity contribution < 1.29 is 24.0 Å². The first-order valence-electron chi connectivity index (χ1n) is 11.1. The molecule has 1 aliphatic heterocycles. The highest BCUT2D eigenvalue weighted by molar-refractivity contribution is 6.00. The molecule has 0 spiro atoms. The fourth-order valence-electron chi connectivity index (χ4n) is 3.58. The normalized spacial score (nSPS) is 16.5. The summed E-state index contributed by atoms with van der Waals surface area (Å²) in [4.78, 5) is 37.2. The number of nitrogens with one attached hydrogen (secondary N) is 1. The number of esters is 2. The van der Waals surface area contributed by atoms with Crippen LogP contribution in [0.5, 0.6) is 0 Å². The van der Waals surface area contributed by atoms with Crippen LogP contribution in [-0.2, 0) is 19.1 Å². The maximum Gasteiger partial charge on any atom is 0.337 e. The van der Waals surface area contributed by atoms with Crippen LogP contribution in [0, 0.1) is 10.1 Å². The van der Waals surface area contributed by atoms with Crippen molar-refractivity contribution in [2.45, 2.75) is 33.6 Å². The summed E-state index contributed by atoms with van der Waals surface area (Å²) in [5, 5.41) is 14.5. The molecule has 1 aromatic carbocycles. The molecule has 0 aromatic heterocycles. The lowest BCUT2D eigenvalue weighted by atomic mass is 9.80. The van der Waals surface area contributed by atoms with Crippen LogP contribution in [-0.4, -0.2) is 30.1 Å². The van der Waals surface area contributed by atoms with Gasteiger partial charge in [-0.25, -0.2) is 9.59 Å².